The molecule has 1 aliphatic heterocycles. The molecule has 146 valence electrons. The van der Waals surface area contributed by atoms with Gasteiger partial charge >= 0.3 is 5.97 Å². The molecule has 1 aromatic carbocycles. The lowest BCUT2D eigenvalue weighted by molar-refractivity contribution is -0.141. The first kappa shape index (κ1) is 19.7. The van der Waals surface area contributed by atoms with Crippen molar-refractivity contribution in [1.82, 2.24) is 4.90 Å². The van der Waals surface area contributed by atoms with E-state index in [1.807, 2.05) is 4.90 Å². The standard InChI is InChI=1S/C19H22FNO5S/c1-26-19(23)12-21-8-7-13(11-21)17-6-5-16(10-18(17)22)27(24,25)15-4-2-3-14(20)9-15/h2-6,9-10,13,17-18,22H,7-8,11-12H2,1H3/t13-,17?,18?/m1/s1. The van der Waals surface area contributed by atoms with Crippen LogP contribution in [-0.4, -0.2) is 57.2 Å². The van der Waals surface area contributed by atoms with E-state index in [9.17, 15) is 22.7 Å². The van der Waals surface area contributed by atoms with Crippen molar-refractivity contribution in [3.8, 4) is 0 Å². The highest BCUT2D eigenvalue weighted by molar-refractivity contribution is 7.95. The van der Waals surface area contributed by atoms with E-state index >= 15 is 0 Å². The van der Waals surface area contributed by atoms with Gasteiger partial charge in [0.25, 0.3) is 0 Å². The number of nitrogens with zero attached hydrogens (tertiary/aromatic N) is 1. The number of ether oxygens (including phenoxy) is 1. The second-order valence-electron chi connectivity index (χ2n) is 6.82. The number of hydrogen-bond acceptors (Lipinski definition) is 6. The fourth-order valence-electron chi connectivity index (χ4n) is 3.61. The van der Waals surface area contributed by atoms with Gasteiger partial charge in [0.1, 0.15) is 5.82 Å². The van der Waals surface area contributed by atoms with Crippen LogP contribution >= 0.6 is 0 Å². The maximum absolute atomic E-state index is 13.4. The van der Waals surface area contributed by atoms with Gasteiger partial charge in [-0.25, -0.2) is 12.8 Å². The highest BCUT2D eigenvalue weighted by Gasteiger charge is 2.35. The normalized spacial score (nSPS) is 26.0. The molecule has 1 N–H and O–H groups in total. The summed E-state index contributed by atoms with van der Waals surface area (Å²) in [6.07, 6.45) is 4.32. The van der Waals surface area contributed by atoms with Crippen molar-refractivity contribution in [2.75, 3.05) is 26.7 Å². The SMILES string of the molecule is COC(=O)CN1CC[C@@H](C2C=CC(S(=O)(=O)c3cccc(F)c3)=CC2O)C1. The van der Waals surface area contributed by atoms with Gasteiger partial charge in [-0.2, -0.15) is 0 Å². The van der Waals surface area contributed by atoms with Crippen molar-refractivity contribution in [3.05, 3.63) is 53.2 Å². The van der Waals surface area contributed by atoms with Crippen LogP contribution in [0.4, 0.5) is 4.39 Å². The molecule has 6 nitrogen and oxygen atoms in total. The Hall–Kier alpha value is -2.03. The van der Waals surface area contributed by atoms with Crippen LogP contribution in [0.2, 0.25) is 0 Å². The fourth-order valence-corrected chi connectivity index (χ4v) is 4.98. The molecule has 8 heteroatoms. The van der Waals surface area contributed by atoms with E-state index in [0.29, 0.717) is 6.54 Å². The van der Waals surface area contributed by atoms with E-state index in [0.717, 1.165) is 19.0 Å². The van der Waals surface area contributed by atoms with Crippen molar-refractivity contribution in [1.29, 1.82) is 0 Å². The molecule has 1 aliphatic carbocycles. The zero-order valence-electron chi connectivity index (χ0n) is 14.9. The maximum Gasteiger partial charge on any atom is 0.319 e. The number of allylic oxidation sites excluding steroid dienone is 1. The third-order valence-corrected chi connectivity index (χ3v) is 6.83. The summed E-state index contributed by atoms with van der Waals surface area (Å²) in [5, 5.41) is 10.5. The first-order valence-electron chi connectivity index (χ1n) is 8.69. The maximum atomic E-state index is 13.4. The van der Waals surface area contributed by atoms with Gasteiger partial charge in [-0.1, -0.05) is 12.1 Å². The number of sulfone groups is 1. The lowest BCUT2D eigenvalue weighted by Crippen LogP contribution is -2.32. The first-order valence-corrected chi connectivity index (χ1v) is 10.2. The predicted molar refractivity (Wildman–Crippen MR) is 96.9 cm³/mol. The largest absolute Gasteiger partial charge is 0.468 e. The monoisotopic (exact) mass is 395 g/mol. The zero-order valence-corrected chi connectivity index (χ0v) is 15.7. The number of hydrogen-bond donors (Lipinski definition) is 1. The van der Waals surface area contributed by atoms with Gasteiger partial charge in [0, 0.05) is 12.5 Å². The molecule has 1 saturated heterocycles. The van der Waals surface area contributed by atoms with Gasteiger partial charge in [0.2, 0.25) is 9.84 Å². The van der Waals surface area contributed by atoms with Crippen LogP contribution in [0.15, 0.2) is 52.3 Å². The van der Waals surface area contributed by atoms with Crippen molar-refractivity contribution < 1.29 is 27.4 Å². The summed E-state index contributed by atoms with van der Waals surface area (Å²) < 4.78 is 43.4. The number of benzene rings is 1. The number of esters is 1. The molecular formula is C19H22FNO5S. The van der Waals surface area contributed by atoms with Crippen LogP contribution in [0.3, 0.4) is 0 Å². The predicted octanol–water partition coefficient (Wildman–Crippen LogP) is 1.53. The highest BCUT2D eigenvalue weighted by atomic mass is 32.2. The summed E-state index contributed by atoms with van der Waals surface area (Å²) in [6, 6.07) is 4.80. The number of aliphatic hydroxyl groups is 1. The zero-order chi connectivity index (χ0) is 19.6. The average Bonchev–Trinajstić information content (AvgIpc) is 3.09. The van der Waals surface area contributed by atoms with Crippen LogP contribution in [0.1, 0.15) is 6.42 Å². The molecule has 3 rings (SSSR count). The van der Waals surface area contributed by atoms with Gasteiger partial charge in [-0.3, -0.25) is 9.69 Å². The number of carbonyl (C=O) groups excluding carboxylic acids is 1. The Morgan fingerprint density at radius 1 is 1.41 bits per heavy atom. The highest BCUT2D eigenvalue weighted by Crippen LogP contribution is 2.33. The third kappa shape index (κ3) is 4.28. The van der Waals surface area contributed by atoms with E-state index < -0.39 is 21.8 Å². The number of methoxy groups -OCH3 is 1. The van der Waals surface area contributed by atoms with Crippen LogP contribution in [0, 0.1) is 17.7 Å². The number of halogens is 1. The van der Waals surface area contributed by atoms with E-state index in [1.165, 1.54) is 37.5 Å². The number of likely N-dealkylation sites (tertiary alicyclic amines) is 1. The van der Waals surface area contributed by atoms with E-state index in [1.54, 1.807) is 6.08 Å². The molecule has 1 aromatic rings. The molecule has 0 amide bonds. The molecule has 27 heavy (non-hydrogen) atoms. The molecule has 0 spiro atoms. The average molecular weight is 395 g/mol. The van der Waals surface area contributed by atoms with Crippen molar-refractivity contribution >= 4 is 15.8 Å². The Balaban J connectivity index is 1.71. The summed E-state index contributed by atoms with van der Waals surface area (Å²) in [4.78, 5) is 13.2. The Morgan fingerprint density at radius 3 is 2.85 bits per heavy atom. The molecule has 0 radical (unpaired) electrons. The van der Waals surface area contributed by atoms with Gasteiger partial charge in [-0.05, 0) is 49.2 Å². The Kier molecular flexibility index (Phi) is 5.78. The van der Waals surface area contributed by atoms with Crippen molar-refractivity contribution in [2.24, 2.45) is 11.8 Å². The van der Waals surface area contributed by atoms with Crippen molar-refractivity contribution in [2.45, 2.75) is 17.4 Å². The molecule has 0 bridgehead atoms. The number of rotatable bonds is 5. The minimum atomic E-state index is -3.89. The topological polar surface area (TPSA) is 83.9 Å². The van der Waals surface area contributed by atoms with Crippen LogP contribution < -0.4 is 0 Å². The lowest BCUT2D eigenvalue weighted by atomic mass is 9.84. The Morgan fingerprint density at radius 2 is 2.19 bits per heavy atom. The third-order valence-electron chi connectivity index (χ3n) is 5.06. The molecule has 0 aromatic heterocycles. The van der Waals surface area contributed by atoms with Crippen LogP contribution in [0.5, 0.6) is 0 Å². The smallest absolute Gasteiger partial charge is 0.319 e. The summed E-state index contributed by atoms with van der Waals surface area (Å²) in [7, 11) is -2.55. The van der Waals surface area contributed by atoms with Gasteiger partial charge in [0.15, 0.2) is 0 Å². The number of carbonyl (C=O) groups is 1. The second kappa shape index (κ2) is 7.92. The van der Waals surface area contributed by atoms with E-state index in [-0.39, 0.29) is 34.2 Å². The molecular weight excluding hydrogens is 373 g/mol. The lowest BCUT2D eigenvalue weighted by Gasteiger charge is -2.27. The molecule has 1 fully saturated rings. The summed E-state index contributed by atoms with van der Waals surface area (Å²) >= 11 is 0. The Bertz CT molecular complexity index is 880. The van der Waals surface area contributed by atoms with Crippen LogP contribution in [0.25, 0.3) is 0 Å². The summed E-state index contributed by atoms with van der Waals surface area (Å²) in [6.45, 7) is 1.55. The van der Waals surface area contributed by atoms with Gasteiger partial charge < -0.3 is 9.84 Å². The quantitative estimate of drug-likeness (QED) is 0.762. The minimum Gasteiger partial charge on any atom is -0.468 e. The van der Waals surface area contributed by atoms with E-state index in [4.69, 9.17) is 0 Å². The second-order valence-corrected chi connectivity index (χ2v) is 8.77. The van der Waals surface area contributed by atoms with Gasteiger partial charge in [0.05, 0.1) is 29.6 Å². The number of aliphatic hydroxyl groups excluding tert-OH is 1. The van der Waals surface area contributed by atoms with E-state index in [2.05, 4.69) is 4.74 Å². The molecule has 0 saturated carbocycles. The first-order chi connectivity index (χ1) is 12.8. The fraction of sp³-hybridized carbons (Fsp3) is 0.421. The Labute approximate surface area is 157 Å². The molecule has 2 aliphatic rings. The van der Waals surface area contributed by atoms with Gasteiger partial charge in [-0.15, -0.1) is 0 Å². The van der Waals surface area contributed by atoms with Crippen LogP contribution in [-0.2, 0) is 19.4 Å². The van der Waals surface area contributed by atoms with Crippen molar-refractivity contribution in [3.63, 3.8) is 0 Å². The molecule has 3 atom stereocenters. The molecule has 2 unspecified atom stereocenters. The molecule has 1 heterocycles. The summed E-state index contributed by atoms with van der Waals surface area (Å²) in [5.74, 6) is -1.07. The summed E-state index contributed by atoms with van der Waals surface area (Å²) in [5.41, 5.74) is 0. The minimum absolute atomic E-state index is 0.0405.